The zero-order valence-corrected chi connectivity index (χ0v) is 19.9. The van der Waals surface area contributed by atoms with Gasteiger partial charge in [0.1, 0.15) is 0 Å². The van der Waals surface area contributed by atoms with Gasteiger partial charge in [-0.25, -0.2) is 22.5 Å². The van der Waals surface area contributed by atoms with Gasteiger partial charge < -0.3 is 15.4 Å². The summed E-state index contributed by atoms with van der Waals surface area (Å²) in [6, 6.07) is 7.67. The van der Waals surface area contributed by atoms with E-state index in [0.29, 0.717) is 22.4 Å². The summed E-state index contributed by atoms with van der Waals surface area (Å²) in [6.07, 6.45) is 2.18. The lowest BCUT2D eigenvalue weighted by molar-refractivity contribution is -0.124. The van der Waals surface area contributed by atoms with Crippen LogP contribution in [-0.2, 0) is 23.8 Å². The topological polar surface area (TPSA) is 63.2 Å². The fourth-order valence-electron chi connectivity index (χ4n) is 3.00. The third kappa shape index (κ3) is 9.29. The molecule has 0 aliphatic carbocycles. The van der Waals surface area contributed by atoms with Crippen molar-refractivity contribution >= 4 is 12.0 Å². The van der Waals surface area contributed by atoms with Crippen molar-refractivity contribution in [1.82, 2.24) is 15.6 Å². The van der Waals surface area contributed by atoms with Crippen molar-refractivity contribution in [2.75, 3.05) is 6.61 Å². The molecule has 0 bridgehead atoms. The van der Waals surface area contributed by atoms with Crippen LogP contribution in [0.15, 0.2) is 60.6 Å². The number of pyridine rings is 1. The molecule has 0 aliphatic rings. The van der Waals surface area contributed by atoms with Crippen LogP contribution in [0.25, 0.3) is 6.08 Å². The Balaban J connectivity index is 2.09. The minimum atomic E-state index is -3.05. The number of hydrogen-bond acceptors (Lipinski definition) is 4. The second-order valence-corrected chi connectivity index (χ2v) is 8.16. The van der Waals surface area contributed by atoms with Crippen LogP contribution >= 0.6 is 0 Å². The van der Waals surface area contributed by atoms with Crippen LogP contribution in [0.2, 0.25) is 0 Å². The molecule has 0 fully saturated rings. The summed E-state index contributed by atoms with van der Waals surface area (Å²) in [5.74, 6) is -3.28. The van der Waals surface area contributed by atoms with Gasteiger partial charge >= 0.3 is 0 Å². The predicted molar refractivity (Wildman–Crippen MR) is 127 cm³/mol. The van der Waals surface area contributed by atoms with Gasteiger partial charge in [-0.15, -0.1) is 5.73 Å². The van der Waals surface area contributed by atoms with Crippen LogP contribution in [0.3, 0.4) is 0 Å². The van der Waals surface area contributed by atoms with Crippen LogP contribution in [0.4, 0.5) is 17.6 Å². The summed E-state index contributed by atoms with van der Waals surface area (Å²) in [5, 5.41) is 5.81. The van der Waals surface area contributed by atoms with E-state index in [1.807, 2.05) is 0 Å². The first-order valence-corrected chi connectivity index (χ1v) is 11.0. The first-order chi connectivity index (χ1) is 16.5. The Hall–Kier alpha value is -3.58. The van der Waals surface area contributed by atoms with Gasteiger partial charge in [-0.1, -0.05) is 44.7 Å². The SMILES string of the molecule is C=C=C(/C=C/c1ccc(OCC(F)F)nc1)NCc1cc(CNC(=O)C(C)C)ccc1C(C)(F)F. The second-order valence-electron chi connectivity index (χ2n) is 8.16. The number of halogens is 4. The molecule has 0 saturated heterocycles. The number of rotatable bonds is 12. The smallest absolute Gasteiger partial charge is 0.272 e. The van der Waals surface area contributed by atoms with Gasteiger partial charge in [-0.3, -0.25) is 4.79 Å². The highest BCUT2D eigenvalue weighted by atomic mass is 19.3. The number of carbonyl (C=O) groups excluding carboxylic acids is 1. The van der Waals surface area contributed by atoms with Crippen LogP contribution in [-0.4, -0.2) is 23.9 Å². The van der Waals surface area contributed by atoms with Crippen LogP contribution in [0, 0.1) is 5.92 Å². The molecule has 0 unspecified atom stereocenters. The molecule has 0 atom stereocenters. The monoisotopic (exact) mass is 491 g/mol. The molecule has 1 heterocycles. The molecule has 0 spiro atoms. The molecule has 2 aromatic rings. The average Bonchev–Trinajstić information content (AvgIpc) is 2.81. The molecular formula is C26H29F4N3O2. The van der Waals surface area contributed by atoms with Gasteiger partial charge in [0, 0.05) is 43.8 Å². The first-order valence-electron chi connectivity index (χ1n) is 11.0. The maximum atomic E-state index is 14.2. The maximum absolute atomic E-state index is 14.2. The fourth-order valence-corrected chi connectivity index (χ4v) is 3.00. The van der Waals surface area contributed by atoms with Crippen molar-refractivity contribution in [3.05, 3.63) is 82.9 Å². The van der Waals surface area contributed by atoms with E-state index in [1.54, 1.807) is 44.2 Å². The number of benzene rings is 1. The summed E-state index contributed by atoms with van der Waals surface area (Å²) in [5.41, 5.74) is 4.76. The molecular weight excluding hydrogens is 462 g/mol. The fraction of sp³-hybridized carbons (Fsp3) is 0.346. The van der Waals surface area contributed by atoms with E-state index >= 15 is 0 Å². The Labute approximate surface area is 202 Å². The van der Waals surface area contributed by atoms with E-state index in [1.165, 1.54) is 18.3 Å². The first kappa shape index (κ1) is 27.7. The molecule has 1 aromatic heterocycles. The number of hydrogen-bond donors (Lipinski definition) is 2. The van der Waals surface area contributed by atoms with Gasteiger partial charge in [0.05, 0.1) is 5.70 Å². The number of amides is 1. The lowest BCUT2D eigenvalue weighted by atomic mass is 9.99. The molecule has 5 nitrogen and oxygen atoms in total. The zero-order valence-electron chi connectivity index (χ0n) is 19.9. The molecule has 1 aromatic carbocycles. The number of nitrogens with zero attached hydrogens (tertiary/aromatic N) is 1. The molecule has 2 rings (SSSR count). The quantitative estimate of drug-likeness (QED) is 0.231. The van der Waals surface area contributed by atoms with Crippen molar-refractivity contribution in [3.8, 4) is 5.88 Å². The third-order valence-electron chi connectivity index (χ3n) is 4.85. The maximum Gasteiger partial charge on any atom is 0.272 e. The summed E-state index contributed by atoms with van der Waals surface area (Å²) in [6.45, 7) is 7.56. The van der Waals surface area contributed by atoms with E-state index in [9.17, 15) is 22.4 Å². The van der Waals surface area contributed by atoms with Gasteiger partial charge in [-0.2, -0.15) is 0 Å². The second kappa shape index (κ2) is 12.8. The molecule has 9 heteroatoms. The van der Waals surface area contributed by atoms with Crippen LogP contribution in [0.5, 0.6) is 5.88 Å². The van der Waals surface area contributed by atoms with Crippen molar-refractivity contribution in [3.63, 3.8) is 0 Å². The van der Waals surface area contributed by atoms with E-state index in [2.05, 4.69) is 27.9 Å². The highest BCUT2D eigenvalue weighted by Gasteiger charge is 2.27. The molecule has 188 valence electrons. The van der Waals surface area contributed by atoms with Crippen molar-refractivity contribution < 1.29 is 27.1 Å². The van der Waals surface area contributed by atoms with Gasteiger partial charge in [0.15, 0.2) is 6.61 Å². The Bertz CT molecular complexity index is 1070. The van der Waals surface area contributed by atoms with E-state index in [4.69, 9.17) is 4.74 Å². The average molecular weight is 492 g/mol. The minimum Gasteiger partial charge on any atom is -0.472 e. The summed E-state index contributed by atoms with van der Waals surface area (Å²) < 4.78 is 57.6. The van der Waals surface area contributed by atoms with Gasteiger partial charge in [-0.05, 0) is 28.8 Å². The predicted octanol–water partition coefficient (Wildman–Crippen LogP) is 5.58. The molecule has 1 amide bonds. The Morgan fingerprint density at radius 3 is 2.51 bits per heavy atom. The van der Waals surface area contributed by atoms with Crippen molar-refractivity contribution in [2.24, 2.45) is 5.92 Å². The normalized spacial score (nSPS) is 11.6. The highest BCUT2D eigenvalue weighted by Crippen LogP contribution is 2.30. The van der Waals surface area contributed by atoms with Gasteiger partial charge in [0.25, 0.3) is 12.3 Å². The Morgan fingerprint density at radius 2 is 1.94 bits per heavy atom. The minimum absolute atomic E-state index is 0.0750. The summed E-state index contributed by atoms with van der Waals surface area (Å²) in [7, 11) is 0. The van der Waals surface area contributed by atoms with Gasteiger partial charge in [0.2, 0.25) is 11.8 Å². The number of aromatic nitrogens is 1. The highest BCUT2D eigenvalue weighted by molar-refractivity contribution is 5.77. The standard InChI is InChI=1S/C26H29F4N3O2/c1-5-21(9-6-18-8-11-24(32-13-18)35-16-23(27)28)31-15-20-12-19(14-33-25(34)17(2)3)7-10-22(20)26(4,29)30/h6-13,17,23,31H,1,14-16H2,2-4H3,(H,33,34)/b9-6+. The number of alkyl halides is 4. The van der Waals surface area contributed by atoms with Crippen molar-refractivity contribution in [1.29, 1.82) is 0 Å². The van der Waals surface area contributed by atoms with E-state index in [0.717, 1.165) is 6.92 Å². The third-order valence-corrected chi connectivity index (χ3v) is 4.85. The number of ether oxygens (including phenoxy) is 1. The van der Waals surface area contributed by atoms with Crippen molar-refractivity contribution in [2.45, 2.75) is 46.2 Å². The number of carbonyl (C=O) groups is 1. The summed E-state index contributed by atoms with van der Waals surface area (Å²) in [4.78, 5) is 15.8. The van der Waals surface area contributed by atoms with E-state index < -0.39 is 19.0 Å². The number of allylic oxidation sites excluding steroid dienone is 1. The summed E-state index contributed by atoms with van der Waals surface area (Å²) >= 11 is 0. The van der Waals surface area contributed by atoms with Crippen LogP contribution < -0.4 is 15.4 Å². The lowest BCUT2D eigenvalue weighted by Crippen LogP contribution is -2.27. The van der Waals surface area contributed by atoms with E-state index in [-0.39, 0.29) is 36.4 Å². The Morgan fingerprint density at radius 1 is 1.20 bits per heavy atom. The lowest BCUT2D eigenvalue weighted by Gasteiger charge is -2.18. The molecule has 35 heavy (non-hydrogen) atoms. The molecule has 0 aliphatic heterocycles. The number of nitrogens with one attached hydrogen (secondary N) is 2. The Kier molecular flexibility index (Phi) is 10.1. The molecule has 0 saturated carbocycles. The zero-order chi connectivity index (χ0) is 26.0. The molecule has 2 N–H and O–H groups in total. The largest absolute Gasteiger partial charge is 0.472 e. The van der Waals surface area contributed by atoms with Crippen LogP contribution in [0.1, 0.15) is 43.0 Å². The molecule has 0 radical (unpaired) electrons.